The Bertz CT molecular complexity index is 845. The van der Waals surface area contributed by atoms with Crippen LogP contribution in [0.25, 0.3) is 22.4 Å². The number of nitrogens with zero attached hydrogens (tertiary/aromatic N) is 1. The average Bonchev–Trinajstić information content (AvgIpc) is 3.12. The van der Waals surface area contributed by atoms with Crippen molar-refractivity contribution in [3.8, 4) is 11.4 Å². The number of aromatic nitrogens is 2. The van der Waals surface area contributed by atoms with Crippen LogP contribution in [0.5, 0.6) is 0 Å². The first-order chi connectivity index (χ1) is 12.8. The molecule has 0 saturated carbocycles. The predicted octanol–water partition coefficient (Wildman–Crippen LogP) is 3.95. The van der Waals surface area contributed by atoms with Crippen LogP contribution in [0.15, 0.2) is 48.5 Å². The van der Waals surface area contributed by atoms with Crippen LogP contribution in [0, 0.1) is 5.92 Å². The van der Waals surface area contributed by atoms with Gasteiger partial charge in [0.1, 0.15) is 5.82 Å². The van der Waals surface area contributed by atoms with E-state index in [0.29, 0.717) is 12.3 Å². The van der Waals surface area contributed by atoms with Gasteiger partial charge in [0, 0.05) is 17.7 Å². The summed E-state index contributed by atoms with van der Waals surface area (Å²) < 4.78 is 0. The lowest BCUT2D eigenvalue weighted by molar-refractivity contribution is -0.116. The summed E-state index contributed by atoms with van der Waals surface area (Å²) in [5.41, 5.74) is 3.82. The van der Waals surface area contributed by atoms with Gasteiger partial charge in [0.05, 0.1) is 11.0 Å². The SMILES string of the molecule is O=C(CCC1CCNCC1)Nc1ccc(-c2nc3ccccc3[nH]2)cc1. The number of amides is 1. The molecular weight excluding hydrogens is 324 g/mol. The van der Waals surface area contributed by atoms with Crippen LogP contribution in [-0.4, -0.2) is 29.0 Å². The third-order valence-corrected chi connectivity index (χ3v) is 5.07. The van der Waals surface area contributed by atoms with Crippen molar-refractivity contribution in [1.82, 2.24) is 15.3 Å². The fourth-order valence-electron chi connectivity index (χ4n) is 3.53. The second-order valence-corrected chi connectivity index (χ2v) is 6.96. The van der Waals surface area contributed by atoms with E-state index in [1.54, 1.807) is 0 Å². The standard InChI is InChI=1S/C21H24N4O/c26-20(10-5-15-11-13-22-14-12-15)23-17-8-6-16(7-9-17)21-24-18-3-1-2-4-19(18)25-21/h1-4,6-9,15,22H,5,10-14H2,(H,23,26)(H,24,25). The molecule has 0 radical (unpaired) electrons. The Balaban J connectivity index is 1.35. The summed E-state index contributed by atoms with van der Waals surface area (Å²) in [5, 5.41) is 6.36. The number of carbonyl (C=O) groups excluding carboxylic acids is 1. The minimum Gasteiger partial charge on any atom is -0.338 e. The zero-order chi connectivity index (χ0) is 17.8. The average molecular weight is 348 g/mol. The highest BCUT2D eigenvalue weighted by Crippen LogP contribution is 2.22. The van der Waals surface area contributed by atoms with Crippen molar-refractivity contribution >= 4 is 22.6 Å². The molecule has 3 N–H and O–H groups in total. The summed E-state index contributed by atoms with van der Waals surface area (Å²) in [5.74, 6) is 1.62. The van der Waals surface area contributed by atoms with Gasteiger partial charge in [0.25, 0.3) is 0 Å². The summed E-state index contributed by atoms with van der Waals surface area (Å²) in [7, 11) is 0. The third-order valence-electron chi connectivity index (χ3n) is 5.07. The Morgan fingerprint density at radius 3 is 2.62 bits per heavy atom. The lowest BCUT2D eigenvalue weighted by Crippen LogP contribution is -2.28. The molecule has 1 fully saturated rings. The lowest BCUT2D eigenvalue weighted by Gasteiger charge is -2.22. The van der Waals surface area contributed by atoms with Gasteiger partial charge in [-0.05, 0) is 74.7 Å². The second-order valence-electron chi connectivity index (χ2n) is 6.96. The van der Waals surface area contributed by atoms with Crippen molar-refractivity contribution in [2.45, 2.75) is 25.7 Å². The zero-order valence-corrected chi connectivity index (χ0v) is 14.8. The van der Waals surface area contributed by atoms with Crippen molar-refractivity contribution in [2.75, 3.05) is 18.4 Å². The number of aromatic amines is 1. The smallest absolute Gasteiger partial charge is 0.224 e. The molecule has 2 heterocycles. The molecule has 0 spiro atoms. The second kappa shape index (κ2) is 7.70. The molecule has 5 heteroatoms. The van der Waals surface area contributed by atoms with E-state index < -0.39 is 0 Å². The predicted molar refractivity (Wildman–Crippen MR) is 105 cm³/mol. The van der Waals surface area contributed by atoms with Gasteiger partial charge >= 0.3 is 0 Å². The number of imidazole rings is 1. The topological polar surface area (TPSA) is 69.8 Å². The molecule has 4 rings (SSSR count). The Labute approximate surface area is 153 Å². The number of fused-ring (bicyclic) bond motifs is 1. The van der Waals surface area contributed by atoms with Crippen molar-refractivity contribution < 1.29 is 4.79 Å². The molecule has 1 aromatic heterocycles. The van der Waals surface area contributed by atoms with Crippen molar-refractivity contribution in [2.24, 2.45) is 5.92 Å². The highest BCUT2D eigenvalue weighted by Gasteiger charge is 2.14. The van der Waals surface area contributed by atoms with E-state index in [2.05, 4.69) is 20.6 Å². The first-order valence-electron chi connectivity index (χ1n) is 9.34. The number of H-pyrrole nitrogens is 1. The number of hydrogen-bond donors (Lipinski definition) is 3. The first-order valence-corrected chi connectivity index (χ1v) is 9.34. The zero-order valence-electron chi connectivity index (χ0n) is 14.8. The fourth-order valence-corrected chi connectivity index (χ4v) is 3.53. The van der Waals surface area contributed by atoms with Gasteiger partial charge in [-0.15, -0.1) is 0 Å². The number of nitrogens with one attached hydrogen (secondary N) is 3. The molecule has 3 aromatic rings. The van der Waals surface area contributed by atoms with Gasteiger partial charge in [-0.2, -0.15) is 0 Å². The van der Waals surface area contributed by atoms with Crippen LogP contribution in [0.4, 0.5) is 5.69 Å². The van der Waals surface area contributed by atoms with E-state index in [4.69, 9.17) is 0 Å². The highest BCUT2D eigenvalue weighted by molar-refractivity contribution is 5.91. The van der Waals surface area contributed by atoms with E-state index in [1.807, 2.05) is 48.5 Å². The molecule has 26 heavy (non-hydrogen) atoms. The maximum absolute atomic E-state index is 12.2. The molecule has 0 unspecified atom stereocenters. The molecular formula is C21H24N4O. The van der Waals surface area contributed by atoms with Crippen molar-refractivity contribution in [3.63, 3.8) is 0 Å². The molecule has 0 bridgehead atoms. The van der Waals surface area contributed by atoms with Crippen LogP contribution >= 0.6 is 0 Å². The van der Waals surface area contributed by atoms with Gasteiger partial charge in [0.15, 0.2) is 0 Å². The normalized spacial score (nSPS) is 15.2. The van der Waals surface area contributed by atoms with Crippen molar-refractivity contribution in [3.05, 3.63) is 48.5 Å². The molecule has 5 nitrogen and oxygen atoms in total. The molecule has 1 amide bonds. The summed E-state index contributed by atoms with van der Waals surface area (Å²) in [6.07, 6.45) is 3.93. The Morgan fingerprint density at radius 2 is 1.85 bits per heavy atom. The summed E-state index contributed by atoms with van der Waals surface area (Å²) in [4.78, 5) is 20.1. The molecule has 0 aliphatic carbocycles. The minimum atomic E-state index is 0.0972. The van der Waals surface area contributed by atoms with Crippen LogP contribution < -0.4 is 10.6 Å². The number of rotatable bonds is 5. The number of benzene rings is 2. The number of piperidine rings is 1. The fraction of sp³-hybridized carbons (Fsp3) is 0.333. The van der Waals surface area contributed by atoms with Gasteiger partial charge in [-0.25, -0.2) is 4.98 Å². The molecule has 1 saturated heterocycles. The highest BCUT2D eigenvalue weighted by atomic mass is 16.1. The monoisotopic (exact) mass is 348 g/mol. The third kappa shape index (κ3) is 3.94. The van der Waals surface area contributed by atoms with Crippen LogP contribution in [-0.2, 0) is 4.79 Å². The van der Waals surface area contributed by atoms with E-state index in [-0.39, 0.29) is 5.91 Å². The molecule has 1 aliphatic heterocycles. The van der Waals surface area contributed by atoms with Crippen LogP contribution in [0.2, 0.25) is 0 Å². The lowest BCUT2D eigenvalue weighted by atomic mass is 9.93. The van der Waals surface area contributed by atoms with Gasteiger partial charge in [0.2, 0.25) is 5.91 Å². The van der Waals surface area contributed by atoms with Gasteiger partial charge in [-0.3, -0.25) is 4.79 Å². The molecule has 134 valence electrons. The first kappa shape index (κ1) is 16.8. The molecule has 0 atom stereocenters. The largest absolute Gasteiger partial charge is 0.338 e. The van der Waals surface area contributed by atoms with Gasteiger partial charge in [-0.1, -0.05) is 12.1 Å². The molecule has 1 aliphatic rings. The van der Waals surface area contributed by atoms with E-state index >= 15 is 0 Å². The molecule has 2 aromatic carbocycles. The number of carbonyl (C=O) groups is 1. The number of anilines is 1. The van der Waals surface area contributed by atoms with Crippen molar-refractivity contribution in [1.29, 1.82) is 0 Å². The quantitative estimate of drug-likeness (QED) is 0.654. The number of para-hydroxylation sites is 2. The summed E-state index contributed by atoms with van der Waals surface area (Å²) >= 11 is 0. The van der Waals surface area contributed by atoms with E-state index in [1.165, 1.54) is 12.8 Å². The summed E-state index contributed by atoms with van der Waals surface area (Å²) in [6.45, 7) is 2.16. The Kier molecular flexibility index (Phi) is 4.97. The Morgan fingerprint density at radius 1 is 1.08 bits per heavy atom. The minimum absolute atomic E-state index is 0.0972. The van der Waals surface area contributed by atoms with E-state index in [0.717, 1.165) is 47.6 Å². The van der Waals surface area contributed by atoms with Gasteiger partial charge < -0.3 is 15.6 Å². The maximum Gasteiger partial charge on any atom is 0.224 e. The summed E-state index contributed by atoms with van der Waals surface area (Å²) in [6, 6.07) is 15.8. The maximum atomic E-state index is 12.2. The number of hydrogen-bond acceptors (Lipinski definition) is 3. The van der Waals surface area contributed by atoms with Crippen LogP contribution in [0.3, 0.4) is 0 Å². The van der Waals surface area contributed by atoms with Crippen LogP contribution in [0.1, 0.15) is 25.7 Å². The Hall–Kier alpha value is -2.66. The van der Waals surface area contributed by atoms with E-state index in [9.17, 15) is 4.79 Å².